The minimum Gasteiger partial charge on any atom is -0.307 e. The second-order valence-electron chi connectivity index (χ2n) is 4.71. The van der Waals surface area contributed by atoms with Crippen LogP contribution in [0.4, 0.5) is 0 Å². The number of hydrogen-bond donors (Lipinski definition) is 1. The van der Waals surface area contributed by atoms with Crippen molar-refractivity contribution < 1.29 is 0 Å². The van der Waals surface area contributed by atoms with Gasteiger partial charge in [-0.3, -0.25) is 9.36 Å². The topological polar surface area (TPSA) is 47.7 Å². The van der Waals surface area contributed by atoms with E-state index in [9.17, 15) is 0 Å². The van der Waals surface area contributed by atoms with Gasteiger partial charge in [0.1, 0.15) is 0 Å². The maximum absolute atomic E-state index is 4.56. The number of para-hydroxylation sites is 1. The van der Waals surface area contributed by atoms with Crippen molar-refractivity contribution in [2.75, 3.05) is 0 Å². The van der Waals surface area contributed by atoms with E-state index >= 15 is 0 Å². The lowest BCUT2D eigenvalue weighted by Gasteiger charge is -2.00. The molecule has 0 aliphatic heterocycles. The summed E-state index contributed by atoms with van der Waals surface area (Å²) in [6.07, 6.45) is 3.90. The van der Waals surface area contributed by atoms with E-state index < -0.39 is 0 Å². The molecule has 0 fully saturated rings. The number of aromatic nitrogens is 4. The van der Waals surface area contributed by atoms with Crippen LogP contribution in [0.3, 0.4) is 0 Å². The largest absolute Gasteiger partial charge is 0.307 e. The molecule has 0 amide bonds. The SMILES string of the molecule is Cn1cc(CNCc2nn(C)c3ccccc23)cn1. The molecular weight excluding hydrogens is 238 g/mol. The van der Waals surface area contributed by atoms with Gasteiger partial charge < -0.3 is 5.32 Å². The Hall–Kier alpha value is -2.14. The van der Waals surface area contributed by atoms with Gasteiger partial charge in [-0.1, -0.05) is 18.2 Å². The van der Waals surface area contributed by atoms with Crippen LogP contribution in [0.25, 0.3) is 10.9 Å². The molecule has 19 heavy (non-hydrogen) atoms. The van der Waals surface area contributed by atoms with Crippen molar-refractivity contribution in [1.82, 2.24) is 24.9 Å². The van der Waals surface area contributed by atoms with Crippen molar-refractivity contribution in [3.05, 3.63) is 47.9 Å². The van der Waals surface area contributed by atoms with E-state index in [0.717, 1.165) is 18.8 Å². The van der Waals surface area contributed by atoms with Crippen molar-refractivity contribution >= 4 is 10.9 Å². The number of nitrogens with zero attached hydrogens (tertiary/aromatic N) is 4. The van der Waals surface area contributed by atoms with Crippen LogP contribution in [0.5, 0.6) is 0 Å². The normalized spacial score (nSPS) is 11.3. The zero-order chi connectivity index (χ0) is 13.2. The van der Waals surface area contributed by atoms with Crippen molar-refractivity contribution in [2.24, 2.45) is 14.1 Å². The maximum Gasteiger partial charge on any atom is 0.0841 e. The maximum atomic E-state index is 4.56. The van der Waals surface area contributed by atoms with Gasteiger partial charge in [-0.25, -0.2) is 0 Å². The summed E-state index contributed by atoms with van der Waals surface area (Å²) in [5.74, 6) is 0. The molecule has 3 rings (SSSR count). The molecule has 0 saturated carbocycles. The Balaban J connectivity index is 1.72. The van der Waals surface area contributed by atoms with Gasteiger partial charge in [0, 0.05) is 44.3 Å². The Morgan fingerprint density at radius 3 is 2.79 bits per heavy atom. The number of rotatable bonds is 4. The summed E-state index contributed by atoms with van der Waals surface area (Å²) in [4.78, 5) is 0. The number of nitrogens with one attached hydrogen (secondary N) is 1. The Bertz CT molecular complexity index is 695. The fourth-order valence-electron chi connectivity index (χ4n) is 2.31. The quantitative estimate of drug-likeness (QED) is 0.770. The highest BCUT2D eigenvalue weighted by atomic mass is 15.3. The molecule has 5 nitrogen and oxygen atoms in total. The van der Waals surface area contributed by atoms with Crippen molar-refractivity contribution in [1.29, 1.82) is 0 Å². The van der Waals surface area contributed by atoms with E-state index in [0.29, 0.717) is 0 Å². The first-order valence-electron chi connectivity index (χ1n) is 6.33. The van der Waals surface area contributed by atoms with Crippen LogP contribution in [-0.4, -0.2) is 19.6 Å². The molecule has 0 aliphatic carbocycles. The molecule has 0 bridgehead atoms. The van der Waals surface area contributed by atoms with Crippen LogP contribution in [-0.2, 0) is 27.2 Å². The van der Waals surface area contributed by atoms with E-state index in [1.54, 1.807) is 0 Å². The van der Waals surface area contributed by atoms with Crippen molar-refractivity contribution in [3.63, 3.8) is 0 Å². The van der Waals surface area contributed by atoms with Crippen molar-refractivity contribution in [3.8, 4) is 0 Å². The highest BCUT2D eigenvalue weighted by Gasteiger charge is 2.07. The zero-order valence-electron chi connectivity index (χ0n) is 11.2. The summed E-state index contributed by atoms with van der Waals surface area (Å²) in [6.45, 7) is 1.56. The Morgan fingerprint density at radius 2 is 2.00 bits per heavy atom. The van der Waals surface area contributed by atoms with Crippen LogP contribution in [0.15, 0.2) is 36.7 Å². The van der Waals surface area contributed by atoms with Gasteiger partial charge in [-0.2, -0.15) is 10.2 Å². The lowest BCUT2D eigenvalue weighted by molar-refractivity contribution is 0.661. The predicted octanol–water partition coefficient (Wildman–Crippen LogP) is 1.60. The first-order valence-corrected chi connectivity index (χ1v) is 6.33. The van der Waals surface area contributed by atoms with Gasteiger partial charge in [0.15, 0.2) is 0 Å². The average Bonchev–Trinajstić information content (AvgIpc) is 2.96. The molecule has 3 aromatic rings. The number of aryl methyl sites for hydroxylation is 2. The highest BCUT2D eigenvalue weighted by Crippen LogP contribution is 2.17. The van der Waals surface area contributed by atoms with Crippen LogP contribution in [0.1, 0.15) is 11.3 Å². The minimum absolute atomic E-state index is 0.760. The minimum atomic E-state index is 0.760. The Kier molecular flexibility index (Phi) is 3.05. The Morgan fingerprint density at radius 1 is 1.16 bits per heavy atom. The number of fused-ring (bicyclic) bond motifs is 1. The Labute approximate surface area is 111 Å². The lowest BCUT2D eigenvalue weighted by Crippen LogP contribution is -2.13. The zero-order valence-corrected chi connectivity index (χ0v) is 11.2. The number of benzene rings is 1. The first kappa shape index (κ1) is 11.9. The standard InChI is InChI=1S/C14H17N5/c1-18-10-11(8-16-18)7-15-9-13-12-5-3-4-6-14(12)19(2)17-13/h3-6,8,10,15H,7,9H2,1-2H3. The number of hydrogen-bond acceptors (Lipinski definition) is 3. The molecular formula is C14H17N5. The third kappa shape index (κ3) is 2.37. The van der Waals surface area contributed by atoms with Gasteiger partial charge >= 0.3 is 0 Å². The highest BCUT2D eigenvalue weighted by molar-refractivity contribution is 5.81. The van der Waals surface area contributed by atoms with E-state index in [2.05, 4.69) is 33.7 Å². The second kappa shape index (κ2) is 4.85. The summed E-state index contributed by atoms with van der Waals surface area (Å²) in [5.41, 5.74) is 3.44. The van der Waals surface area contributed by atoms with Crippen molar-refractivity contribution in [2.45, 2.75) is 13.1 Å². The summed E-state index contributed by atoms with van der Waals surface area (Å²) in [7, 11) is 3.91. The summed E-state index contributed by atoms with van der Waals surface area (Å²) in [6, 6.07) is 8.29. The third-order valence-corrected chi connectivity index (χ3v) is 3.21. The van der Waals surface area contributed by atoms with Crippen LogP contribution >= 0.6 is 0 Å². The van der Waals surface area contributed by atoms with Gasteiger partial charge in [0.05, 0.1) is 17.4 Å². The smallest absolute Gasteiger partial charge is 0.0841 e. The van der Waals surface area contributed by atoms with Gasteiger partial charge in [-0.15, -0.1) is 0 Å². The van der Waals surface area contributed by atoms with E-state index in [1.807, 2.05) is 41.9 Å². The van der Waals surface area contributed by atoms with Gasteiger partial charge in [0.2, 0.25) is 0 Å². The predicted molar refractivity (Wildman–Crippen MR) is 74.5 cm³/mol. The molecule has 1 N–H and O–H groups in total. The van der Waals surface area contributed by atoms with Gasteiger partial charge in [-0.05, 0) is 6.07 Å². The fourth-order valence-corrected chi connectivity index (χ4v) is 2.31. The van der Waals surface area contributed by atoms with E-state index in [-0.39, 0.29) is 0 Å². The fraction of sp³-hybridized carbons (Fsp3) is 0.286. The molecule has 98 valence electrons. The van der Waals surface area contributed by atoms with Crippen LogP contribution < -0.4 is 5.32 Å². The summed E-state index contributed by atoms with van der Waals surface area (Å²) in [5, 5.41) is 13.3. The molecule has 0 atom stereocenters. The third-order valence-electron chi connectivity index (χ3n) is 3.21. The van der Waals surface area contributed by atoms with E-state index in [4.69, 9.17) is 0 Å². The second-order valence-corrected chi connectivity index (χ2v) is 4.71. The molecule has 2 aromatic heterocycles. The molecule has 0 saturated heterocycles. The average molecular weight is 255 g/mol. The molecule has 5 heteroatoms. The summed E-state index contributed by atoms with van der Waals surface area (Å²) >= 11 is 0. The van der Waals surface area contributed by atoms with Crippen LogP contribution in [0, 0.1) is 0 Å². The molecule has 0 unspecified atom stereocenters. The molecule has 1 aromatic carbocycles. The monoisotopic (exact) mass is 255 g/mol. The van der Waals surface area contributed by atoms with Crippen LogP contribution in [0.2, 0.25) is 0 Å². The van der Waals surface area contributed by atoms with E-state index in [1.165, 1.54) is 16.5 Å². The van der Waals surface area contributed by atoms with Gasteiger partial charge in [0.25, 0.3) is 0 Å². The molecule has 0 aliphatic rings. The lowest BCUT2D eigenvalue weighted by atomic mass is 10.2. The molecule has 2 heterocycles. The summed E-state index contributed by atoms with van der Waals surface area (Å²) < 4.78 is 3.74. The molecule has 0 spiro atoms. The molecule has 0 radical (unpaired) electrons. The first-order chi connectivity index (χ1) is 9.24.